The molecule has 0 bridgehead atoms. The second-order valence-electron chi connectivity index (χ2n) is 3.96. The molecule has 0 unspecified atom stereocenters. The molecule has 2 rings (SSSR count). The first-order chi connectivity index (χ1) is 7.22. The normalized spacial score (nSPS) is 16.5. The molecule has 0 atom stereocenters. The number of nitrogens with zero attached hydrogens (tertiary/aromatic N) is 2. The molecular weight excluding hydrogens is 184 g/mol. The van der Waals surface area contributed by atoms with Crippen LogP contribution >= 0.6 is 0 Å². The van der Waals surface area contributed by atoms with Crippen molar-refractivity contribution in [3.8, 4) is 0 Å². The Morgan fingerprint density at radius 3 is 1.87 bits per heavy atom. The van der Waals surface area contributed by atoms with Gasteiger partial charge in [0.15, 0.2) is 0 Å². The third-order valence-corrected chi connectivity index (χ3v) is 2.89. The van der Waals surface area contributed by atoms with E-state index in [1.807, 2.05) is 24.3 Å². The fourth-order valence-corrected chi connectivity index (χ4v) is 2.08. The zero-order valence-electron chi connectivity index (χ0n) is 9.49. The summed E-state index contributed by atoms with van der Waals surface area (Å²) in [5.74, 6) is 0.400. The second-order valence-corrected chi connectivity index (χ2v) is 3.96. The molecule has 0 aliphatic carbocycles. The Labute approximate surface area is 90.8 Å². The summed E-state index contributed by atoms with van der Waals surface area (Å²) in [5, 5.41) is 0. The molecule has 0 radical (unpaired) electrons. The molecule has 0 amide bonds. The van der Waals surface area contributed by atoms with Crippen LogP contribution in [0.5, 0.6) is 0 Å². The van der Waals surface area contributed by atoms with Crippen molar-refractivity contribution in [2.75, 3.05) is 0 Å². The van der Waals surface area contributed by atoms with Gasteiger partial charge < -0.3 is 0 Å². The van der Waals surface area contributed by atoms with Gasteiger partial charge in [-0.15, -0.1) is 0 Å². The SMILES string of the molecule is CCC1C(C)=Nc2ccccc2N=C1C. The lowest BCUT2D eigenvalue weighted by atomic mass is 9.96. The molecule has 1 aromatic carbocycles. The lowest BCUT2D eigenvalue weighted by molar-refractivity contribution is 0.850. The lowest BCUT2D eigenvalue weighted by Crippen LogP contribution is -2.17. The van der Waals surface area contributed by atoms with Crippen LogP contribution in [0, 0.1) is 5.92 Å². The van der Waals surface area contributed by atoms with Gasteiger partial charge in [-0.3, -0.25) is 9.98 Å². The number of benzene rings is 1. The monoisotopic (exact) mass is 200 g/mol. The molecule has 0 fully saturated rings. The van der Waals surface area contributed by atoms with E-state index in [9.17, 15) is 0 Å². The van der Waals surface area contributed by atoms with Crippen molar-refractivity contribution in [1.29, 1.82) is 0 Å². The molecule has 78 valence electrons. The minimum atomic E-state index is 0.400. The van der Waals surface area contributed by atoms with Crippen molar-refractivity contribution in [3.05, 3.63) is 24.3 Å². The summed E-state index contributed by atoms with van der Waals surface area (Å²) in [7, 11) is 0. The molecule has 2 nitrogen and oxygen atoms in total. The predicted molar refractivity (Wildman–Crippen MR) is 65.8 cm³/mol. The lowest BCUT2D eigenvalue weighted by Gasteiger charge is -2.11. The van der Waals surface area contributed by atoms with E-state index in [0.29, 0.717) is 5.92 Å². The quantitative estimate of drug-likeness (QED) is 0.656. The van der Waals surface area contributed by atoms with Gasteiger partial charge in [-0.05, 0) is 32.4 Å². The summed E-state index contributed by atoms with van der Waals surface area (Å²) >= 11 is 0. The maximum absolute atomic E-state index is 4.64. The minimum Gasteiger partial charge on any atom is -0.255 e. The summed E-state index contributed by atoms with van der Waals surface area (Å²) in [5.41, 5.74) is 4.32. The van der Waals surface area contributed by atoms with Crippen molar-refractivity contribution in [3.63, 3.8) is 0 Å². The zero-order valence-corrected chi connectivity index (χ0v) is 9.49. The van der Waals surface area contributed by atoms with E-state index in [2.05, 4.69) is 30.8 Å². The highest BCUT2D eigenvalue weighted by molar-refractivity contribution is 6.09. The van der Waals surface area contributed by atoms with Crippen LogP contribution in [0.25, 0.3) is 0 Å². The van der Waals surface area contributed by atoms with E-state index in [0.717, 1.165) is 17.8 Å². The van der Waals surface area contributed by atoms with Crippen molar-refractivity contribution < 1.29 is 0 Å². The van der Waals surface area contributed by atoms with Crippen molar-refractivity contribution in [2.45, 2.75) is 27.2 Å². The summed E-state index contributed by atoms with van der Waals surface area (Å²) in [6, 6.07) is 8.06. The molecule has 0 aromatic heterocycles. The van der Waals surface area contributed by atoms with Gasteiger partial charge in [-0.1, -0.05) is 19.1 Å². The highest BCUT2D eigenvalue weighted by atomic mass is 14.9. The Morgan fingerprint density at radius 1 is 1.00 bits per heavy atom. The third-order valence-electron chi connectivity index (χ3n) is 2.89. The molecule has 15 heavy (non-hydrogen) atoms. The van der Waals surface area contributed by atoms with Gasteiger partial charge in [0.25, 0.3) is 0 Å². The number of rotatable bonds is 1. The Morgan fingerprint density at radius 2 is 1.47 bits per heavy atom. The first-order valence-corrected chi connectivity index (χ1v) is 5.41. The number of hydrogen-bond donors (Lipinski definition) is 0. The Balaban J connectivity index is 2.57. The van der Waals surface area contributed by atoms with Gasteiger partial charge in [0.1, 0.15) is 0 Å². The van der Waals surface area contributed by atoms with Gasteiger partial charge >= 0.3 is 0 Å². The van der Waals surface area contributed by atoms with E-state index in [4.69, 9.17) is 0 Å². The van der Waals surface area contributed by atoms with E-state index in [1.165, 1.54) is 11.4 Å². The van der Waals surface area contributed by atoms with Crippen LogP contribution in [-0.2, 0) is 0 Å². The van der Waals surface area contributed by atoms with Gasteiger partial charge in [0, 0.05) is 17.3 Å². The molecule has 0 spiro atoms. The number of fused-ring (bicyclic) bond motifs is 1. The second kappa shape index (κ2) is 3.97. The predicted octanol–water partition coefficient (Wildman–Crippen LogP) is 3.91. The van der Waals surface area contributed by atoms with E-state index >= 15 is 0 Å². The smallest absolute Gasteiger partial charge is 0.0885 e. The van der Waals surface area contributed by atoms with Crippen LogP contribution in [-0.4, -0.2) is 11.4 Å². The summed E-state index contributed by atoms with van der Waals surface area (Å²) < 4.78 is 0. The zero-order chi connectivity index (χ0) is 10.8. The summed E-state index contributed by atoms with van der Waals surface area (Å²) in [6.45, 7) is 6.36. The van der Waals surface area contributed by atoms with Crippen LogP contribution in [0.4, 0.5) is 11.4 Å². The van der Waals surface area contributed by atoms with E-state index in [1.54, 1.807) is 0 Å². The number of aliphatic imine (C=N–C) groups is 2. The molecule has 0 saturated carbocycles. The minimum absolute atomic E-state index is 0.400. The van der Waals surface area contributed by atoms with E-state index < -0.39 is 0 Å². The molecule has 1 heterocycles. The molecule has 1 aliphatic rings. The van der Waals surface area contributed by atoms with Crippen LogP contribution in [0.15, 0.2) is 34.3 Å². The highest BCUT2D eigenvalue weighted by Gasteiger charge is 2.17. The maximum Gasteiger partial charge on any atom is 0.0885 e. The fraction of sp³-hybridized carbons (Fsp3) is 0.385. The van der Waals surface area contributed by atoms with Gasteiger partial charge in [-0.25, -0.2) is 0 Å². The van der Waals surface area contributed by atoms with Gasteiger partial charge in [-0.2, -0.15) is 0 Å². The number of para-hydroxylation sites is 2. The van der Waals surface area contributed by atoms with Gasteiger partial charge in [0.05, 0.1) is 11.4 Å². The van der Waals surface area contributed by atoms with Crippen molar-refractivity contribution >= 4 is 22.8 Å². The Kier molecular flexibility index (Phi) is 2.67. The number of hydrogen-bond acceptors (Lipinski definition) is 2. The topological polar surface area (TPSA) is 24.7 Å². The summed E-state index contributed by atoms with van der Waals surface area (Å²) in [4.78, 5) is 9.29. The van der Waals surface area contributed by atoms with Crippen molar-refractivity contribution in [2.24, 2.45) is 15.9 Å². The van der Waals surface area contributed by atoms with Crippen LogP contribution in [0.1, 0.15) is 27.2 Å². The Hall–Kier alpha value is -1.44. The fourth-order valence-electron chi connectivity index (χ4n) is 2.08. The van der Waals surface area contributed by atoms with Crippen LogP contribution in [0.2, 0.25) is 0 Å². The van der Waals surface area contributed by atoms with Crippen LogP contribution < -0.4 is 0 Å². The molecule has 2 heteroatoms. The molecule has 0 saturated heterocycles. The molecule has 1 aliphatic heterocycles. The molecule has 0 N–H and O–H groups in total. The first-order valence-electron chi connectivity index (χ1n) is 5.41. The van der Waals surface area contributed by atoms with Crippen molar-refractivity contribution in [1.82, 2.24) is 0 Å². The standard InChI is InChI=1S/C13H16N2/c1-4-11-9(2)14-12-7-5-6-8-13(12)15-10(11)3/h5-8,11H,4H2,1-3H3. The summed E-state index contributed by atoms with van der Waals surface area (Å²) in [6.07, 6.45) is 1.07. The molecule has 1 aromatic rings. The Bertz CT molecular complexity index is 391. The maximum atomic E-state index is 4.64. The molecular formula is C13H16N2. The highest BCUT2D eigenvalue weighted by Crippen LogP contribution is 2.32. The third kappa shape index (κ3) is 1.84. The average molecular weight is 200 g/mol. The largest absolute Gasteiger partial charge is 0.255 e. The van der Waals surface area contributed by atoms with Gasteiger partial charge in [0.2, 0.25) is 0 Å². The van der Waals surface area contributed by atoms with E-state index in [-0.39, 0.29) is 0 Å². The first kappa shape index (κ1) is 10.1. The van der Waals surface area contributed by atoms with Crippen LogP contribution in [0.3, 0.4) is 0 Å². The average Bonchev–Trinajstić information content (AvgIpc) is 2.33.